The number of rotatable bonds is 4. The van der Waals surface area contributed by atoms with Crippen LogP contribution >= 0.6 is 0 Å². The van der Waals surface area contributed by atoms with Gasteiger partial charge in [0.2, 0.25) is 0 Å². The summed E-state index contributed by atoms with van der Waals surface area (Å²) in [6, 6.07) is 0.0399. The Morgan fingerprint density at radius 3 is 2.75 bits per heavy atom. The minimum Gasteiger partial charge on any atom is -0.444 e. The number of hydrogen-bond donors (Lipinski definition) is 2. The number of piperidine rings is 1. The molecule has 2 N–H and O–H groups in total. The molecule has 1 aliphatic carbocycles. The number of carbonyl (C=O) groups is 2. The lowest BCUT2D eigenvalue weighted by Crippen LogP contribution is -2.47. The maximum atomic E-state index is 12.6. The lowest BCUT2D eigenvalue weighted by Gasteiger charge is -2.34. The molecule has 2 aliphatic rings. The Labute approximate surface area is 164 Å². The van der Waals surface area contributed by atoms with E-state index >= 15 is 0 Å². The summed E-state index contributed by atoms with van der Waals surface area (Å²) >= 11 is 0. The van der Waals surface area contributed by atoms with Crippen LogP contribution in [0.2, 0.25) is 0 Å². The van der Waals surface area contributed by atoms with E-state index in [1.54, 1.807) is 11.1 Å². The Bertz CT molecular complexity index is 897. The molecule has 28 heavy (non-hydrogen) atoms. The second kappa shape index (κ2) is 7.07. The van der Waals surface area contributed by atoms with Gasteiger partial charge in [-0.25, -0.2) is 14.8 Å². The Hall–Kier alpha value is -2.64. The van der Waals surface area contributed by atoms with Crippen LogP contribution in [0.3, 0.4) is 0 Å². The molecule has 2 aromatic heterocycles. The third-order valence-electron chi connectivity index (χ3n) is 5.10. The van der Waals surface area contributed by atoms with Gasteiger partial charge >= 0.3 is 6.09 Å². The highest BCUT2D eigenvalue weighted by Crippen LogP contribution is 2.36. The summed E-state index contributed by atoms with van der Waals surface area (Å²) in [7, 11) is 0. The van der Waals surface area contributed by atoms with Gasteiger partial charge in [0.05, 0.1) is 5.39 Å². The van der Waals surface area contributed by atoms with Crippen molar-refractivity contribution in [2.24, 2.45) is 5.92 Å². The minimum atomic E-state index is -0.514. The molecule has 1 saturated carbocycles. The van der Waals surface area contributed by atoms with Gasteiger partial charge in [0.15, 0.2) is 5.78 Å². The highest BCUT2D eigenvalue weighted by atomic mass is 16.6. The normalized spacial score (nSPS) is 20.2. The standard InChI is InChI=1S/C20H27N5O3/c1-20(2,3)28-19(27)25-8-4-5-13(10-25)24-18-15-14(16(26)12-6-7-12)9-21-17(15)22-11-23-18/h9,11-13H,4-8,10H2,1-3H3,(H2,21,22,23,24)/t13-/m1/s1. The number of carbonyl (C=O) groups excluding carboxylic acids is 2. The van der Waals surface area contributed by atoms with Gasteiger partial charge < -0.3 is 19.9 Å². The number of fused-ring (bicyclic) bond motifs is 1. The van der Waals surface area contributed by atoms with E-state index in [1.807, 2.05) is 20.8 Å². The van der Waals surface area contributed by atoms with E-state index in [4.69, 9.17) is 4.74 Å². The number of ether oxygens (including phenoxy) is 1. The van der Waals surface area contributed by atoms with E-state index in [0.717, 1.165) is 31.1 Å². The molecule has 1 amide bonds. The fraction of sp³-hybridized carbons (Fsp3) is 0.600. The first kappa shape index (κ1) is 18.7. The van der Waals surface area contributed by atoms with E-state index in [1.165, 1.54) is 6.33 Å². The predicted molar refractivity (Wildman–Crippen MR) is 105 cm³/mol. The molecular weight excluding hydrogens is 358 g/mol. The van der Waals surface area contributed by atoms with Crippen LogP contribution in [-0.2, 0) is 4.74 Å². The number of hydrogen-bond acceptors (Lipinski definition) is 6. The molecule has 1 aliphatic heterocycles. The van der Waals surface area contributed by atoms with Gasteiger partial charge in [0.1, 0.15) is 23.4 Å². The van der Waals surface area contributed by atoms with Gasteiger partial charge in [0.25, 0.3) is 0 Å². The summed E-state index contributed by atoms with van der Waals surface area (Å²) in [6.45, 7) is 6.82. The van der Waals surface area contributed by atoms with Crippen molar-refractivity contribution >= 4 is 28.7 Å². The van der Waals surface area contributed by atoms with Crippen LogP contribution in [0.5, 0.6) is 0 Å². The summed E-state index contributed by atoms with van der Waals surface area (Å²) in [5.41, 5.74) is 0.793. The zero-order valence-corrected chi connectivity index (χ0v) is 16.6. The largest absolute Gasteiger partial charge is 0.444 e. The quantitative estimate of drug-likeness (QED) is 0.783. The molecule has 3 heterocycles. The molecule has 1 atom stereocenters. The van der Waals surface area contributed by atoms with Gasteiger partial charge in [-0.1, -0.05) is 0 Å². The second-order valence-electron chi connectivity index (χ2n) is 8.70. The lowest BCUT2D eigenvalue weighted by atomic mass is 10.0. The van der Waals surface area contributed by atoms with E-state index in [0.29, 0.717) is 30.1 Å². The van der Waals surface area contributed by atoms with Gasteiger partial charge in [-0.3, -0.25) is 4.79 Å². The van der Waals surface area contributed by atoms with Crippen molar-refractivity contribution in [2.75, 3.05) is 18.4 Å². The molecule has 0 bridgehead atoms. The highest BCUT2D eigenvalue weighted by molar-refractivity contribution is 6.12. The molecule has 8 heteroatoms. The number of likely N-dealkylation sites (tertiary alicyclic amines) is 1. The van der Waals surface area contributed by atoms with Crippen molar-refractivity contribution in [3.8, 4) is 0 Å². The van der Waals surface area contributed by atoms with Gasteiger partial charge in [-0.2, -0.15) is 0 Å². The summed E-state index contributed by atoms with van der Waals surface area (Å²) < 4.78 is 5.50. The molecule has 150 valence electrons. The van der Waals surface area contributed by atoms with Crippen molar-refractivity contribution < 1.29 is 14.3 Å². The molecule has 1 saturated heterocycles. The topological polar surface area (TPSA) is 100 Å². The first-order valence-electron chi connectivity index (χ1n) is 9.92. The Kier molecular flexibility index (Phi) is 4.72. The third kappa shape index (κ3) is 3.95. The average molecular weight is 385 g/mol. The van der Waals surface area contributed by atoms with Crippen LogP contribution < -0.4 is 5.32 Å². The van der Waals surface area contributed by atoms with Crippen molar-refractivity contribution in [2.45, 2.75) is 58.1 Å². The summed E-state index contributed by atoms with van der Waals surface area (Å²) in [4.78, 5) is 38.5. The number of aromatic amines is 1. The fourth-order valence-electron chi connectivity index (χ4n) is 3.61. The number of anilines is 1. The first-order chi connectivity index (χ1) is 13.3. The first-order valence-corrected chi connectivity index (χ1v) is 9.92. The summed E-state index contributed by atoms with van der Waals surface area (Å²) in [5, 5.41) is 4.18. The molecule has 4 rings (SSSR count). The maximum Gasteiger partial charge on any atom is 0.410 e. The van der Waals surface area contributed by atoms with Crippen molar-refractivity contribution in [3.05, 3.63) is 18.1 Å². The monoisotopic (exact) mass is 385 g/mol. The zero-order valence-electron chi connectivity index (χ0n) is 16.6. The molecule has 8 nitrogen and oxygen atoms in total. The Morgan fingerprint density at radius 1 is 1.25 bits per heavy atom. The fourth-order valence-corrected chi connectivity index (χ4v) is 3.61. The van der Waals surface area contributed by atoms with Crippen LogP contribution in [-0.4, -0.2) is 56.5 Å². The SMILES string of the molecule is CC(C)(C)OC(=O)N1CCC[C@@H](Nc2ncnc3[nH]cc(C(=O)C4CC4)c23)C1. The molecule has 0 unspecified atom stereocenters. The summed E-state index contributed by atoms with van der Waals surface area (Å²) in [5.74, 6) is 0.929. The Morgan fingerprint density at radius 2 is 2.04 bits per heavy atom. The van der Waals surface area contributed by atoms with E-state index in [2.05, 4.69) is 20.3 Å². The Balaban J connectivity index is 1.52. The van der Waals surface area contributed by atoms with Crippen molar-refractivity contribution in [3.63, 3.8) is 0 Å². The molecule has 0 aromatic carbocycles. The smallest absolute Gasteiger partial charge is 0.410 e. The highest BCUT2D eigenvalue weighted by Gasteiger charge is 2.33. The molecule has 2 fully saturated rings. The number of nitrogens with zero attached hydrogens (tertiary/aromatic N) is 3. The average Bonchev–Trinajstić information content (AvgIpc) is 3.39. The maximum absolute atomic E-state index is 12.6. The molecule has 0 radical (unpaired) electrons. The second-order valence-corrected chi connectivity index (χ2v) is 8.70. The number of nitrogens with one attached hydrogen (secondary N) is 2. The van der Waals surface area contributed by atoms with Gasteiger partial charge in [-0.15, -0.1) is 0 Å². The lowest BCUT2D eigenvalue weighted by molar-refractivity contribution is 0.0206. The predicted octanol–water partition coefficient (Wildman–Crippen LogP) is 3.36. The van der Waals surface area contributed by atoms with E-state index in [-0.39, 0.29) is 23.8 Å². The van der Waals surface area contributed by atoms with E-state index < -0.39 is 5.60 Å². The van der Waals surface area contributed by atoms with Gasteiger partial charge in [0, 0.05) is 36.8 Å². The van der Waals surface area contributed by atoms with Crippen LogP contribution in [0.4, 0.5) is 10.6 Å². The number of aromatic nitrogens is 3. The third-order valence-corrected chi connectivity index (χ3v) is 5.10. The number of H-pyrrole nitrogens is 1. The zero-order chi connectivity index (χ0) is 19.9. The number of ketones is 1. The minimum absolute atomic E-state index is 0.0399. The molecule has 0 spiro atoms. The molecular formula is C20H27N5O3. The molecule has 2 aromatic rings. The van der Waals surface area contributed by atoms with Crippen molar-refractivity contribution in [1.82, 2.24) is 19.9 Å². The van der Waals surface area contributed by atoms with Crippen LogP contribution in [0, 0.1) is 5.92 Å². The van der Waals surface area contributed by atoms with Gasteiger partial charge in [-0.05, 0) is 46.5 Å². The number of amides is 1. The summed E-state index contributed by atoms with van der Waals surface area (Å²) in [6.07, 6.45) is 6.64. The van der Waals surface area contributed by atoms with Crippen LogP contribution in [0.15, 0.2) is 12.5 Å². The van der Waals surface area contributed by atoms with Crippen LogP contribution in [0.25, 0.3) is 11.0 Å². The van der Waals surface area contributed by atoms with E-state index in [9.17, 15) is 9.59 Å². The number of Topliss-reactive ketones (excluding diaryl/α,β-unsaturated/α-hetero) is 1. The van der Waals surface area contributed by atoms with Crippen LogP contribution in [0.1, 0.15) is 56.8 Å². The van der Waals surface area contributed by atoms with Crippen molar-refractivity contribution in [1.29, 1.82) is 0 Å².